The molecule has 1 amide bonds. The SMILES string of the molecule is CCOC(=O)N1C2CC[C@@H]1CC(N1CCC(C[N+](=O)[O-])(C(=O)OCC)CC1)C2. The summed E-state index contributed by atoms with van der Waals surface area (Å²) in [6.07, 6.45) is 4.48. The lowest BCUT2D eigenvalue weighted by atomic mass is 9.77. The van der Waals surface area contributed by atoms with E-state index in [1.807, 2.05) is 11.8 Å². The average molecular weight is 397 g/mol. The third-order valence-corrected chi connectivity index (χ3v) is 6.60. The van der Waals surface area contributed by atoms with Crippen LogP contribution in [-0.4, -0.2) is 77.8 Å². The molecule has 2 unspecified atom stereocenters. The highest BCUT2D eigenvalue weighted by molar-refractivity contribution is 5.77. The number of carbonyl (C=O) groups is 2. The number of fused-ring (bicyclic) bond motifs is 2. The van der Waals surface area contributed by atoms with Crippen molar-refractivity contribution < 1.29 is 24.0 Å². The molecule has 158 valence electrons. The number of hydrogen-bond acceptors (Lipinski definition) is 7. The van der Waals surface area contributed by atoms with Gasteiger partial charge in [-0.1, -0.05) is 0 Å². The molecule has 3 fully saturated rings. The zero-order chi connectivity index (χ0) is 20.3. The Morgan fingerprint density at radius 1 is 1.04 bits per heavy atom. The highest BCUT2D eigenvalue weighted by Crippen LogP contribution is 2.41. The van der Waals surface area contributed by atoms with Crippen molar-refractivity contribution in [2.45, 2.75) is 70.5 Å². The van der Waals surface area contributed by atoms with E-state index in [4.69, 9.17) is 9.47 Å². The smallest absolute Gasteiger partial charge is 0.410 e. The van der Waals surface area contributed by atoms with Gasteiger partial charge in [0.2, 0.25) is 6.54 Å². The Kier molecular flexibility index (Phi) is 6.42. The fourth-order valence-electron chi connectivity index (χ4n) is 5.22. The maximum atomic E-state index is 12.4. The Balaban J connectivity index is 1.61. The first-order chi connectivity index (χ1) is 13.4. The fraction of sp³-hybridized carbons (Fsp3) is 0.895. The molecule has 3 rings (SSSR count). The standard InChI is InChI=1S/C19H31N3O6/c1-3-27-17(23)19(13-21(25)26)7-9-20(10-8-19)16-11-14-5-6-15(12-16)22(14)18(24)28-4-2/h14-16H,3-13H2,1-2H3/t14-,15?,16?/m1/s1. The van der Waals surface area contributed by atoms with Gasteiger partial charge in [-0.05, 0) is 65.5 Å². The van der Waals surface area contributed by atoms with Crippen molar-refractivity contribution in [2.24, 2.45) is 5.41 Å². The van der Waals surface area contributed by atoms with Crippen LogP contribution in [-0.2, 0) is 14.3 Å². The Labute approximate surface area is 165 Å². The molecular weight excluding hydrogens is 366 g/mol. The number of ether oxygens (including phenoxy) is 2. The highest BCUT2D eigenvalue weighted by Gasteiger charge is 2.50. The first kappa shape index (κ1) is 20.8. The zero-order valence-corrected chi connectivity index (χ0v) is 16.8. The number of piperidine rings is 2. The van der Waals surface area contributed by atoms with E-state index in [2.05, 4.69) is 4.90 Å². The molecule has 2 bridgehead atoms. The average Bonchev–Trinajstić information content (AvgIpc) is 2.92. The Morgan fingerprint density at radius 2 is 1.61 bits per heavy atom. The van der Waals surface area contributed by atoms with Gasteiger partial charge < -0.3 is 19.3 Å². The Morgan fingerprint density at radius 3 is 2.11 bits per heavy atom. The molecule has 0 aliphatic carbocycles. The summed E-state index contributed by atoms with van der Waals surface area (Å²) in [7, 11) is 0. The van der Waals surface area contributed by atoms with Crippen molar-refractivity contribution >= 4 is 12.1 Å². The van der Waals surface area contributed by atoms with E-state index in [0.29, 0.717) is 38.6 Å². The van der Waals surface area contributed by atoms with Crippen molar-refractivity contribution in [1.29, 1.82) is 0 Å². The second-order valence-electron chi connectivity index (χ2n) is 8.14. The van der Waals surface area contributed by atoms with Gasteiger partial charge in [0.15, 0.2) is 0 Å². The third kappa shape index (κ3) is 4.09. The van der Waals surface area contributed by atoms with Crippen molar-refractivity contribution in [2.75, 3.05) is 32.8 Å². The third-order valence-electron chi connectivity index (χ3n) is 6.60. The van der Waals surface area contributed by atoms with Crippen LogP contribution in [0.4, 0.5) is 4.79 Å². The molecule has 0 spiro atoms. The van der Waals surface area contributed by atoms with Crippen LogP contribution in [0.2, 0.25) is 0 Å². The minimum atomic E-state index is -1.01. The minimum Gasteiger partial charge on any atom is -0.465 e. The molecule has 0 saturated carbocycles. The molecule has 3 saturated heterocycles. The van der Waals surface area contributed by atoms with Gasteiger partial charge in [0.25, 0.3) is 0 Å². The van der Waals surface area contributed by atoms with Gasteiger partial charge in [0, 0.05) is 23.0 Å². The molecule has 3 atom stereocenters. The molecule has 0 aromatic rings. The van der Waals surface area contributed by atoms with Crippen molar-refractivity contribution in [3.05, 3.63) is 10.1 Å². The quantitative estimate of drug-likeness (QED) is 0.384. The summed E-state index contributed by atoms with van der Waals surface area (Å²) in [4.78, 5) is 39.7. The van der Waals surface area contributed by atoms with Crippen LogP contribution in [0.5, 0.6) is 0 Å². The van der Waals surface area contributed by atoms with E-state index < -0.39 is 16.3 Å². The molecule has 0 radical (unpaired) electrons. The first-order valence-corrected chi connectivity index (χ1v) is 10.4. The zero-order valence-electron chi connectivity index (χ0n) is 16.8. The second kappa shape index (κ2) is 8.63. The predicted molar refractivity (Wildman–Crippen MR) is 100 cm³/mol. The normalized spacial score (nSPS) is 29.4. The van der Waals surface area contributed by atoms with Crippen LogP contribution in [0, 0.1) is 15.5 Å². The summed E-state index contributed by atoms with van der Waals surface area (Å²) < 4.78 is 10.4. The number of hydrogen-bond donors (Lipinski definition) is 0. The maximum absolute atomic E-state index is 12.4. The Bertz CT molecular complexity index is 590. The molecule has 28 heavy (non-hydrogen) atoms. The molecule has 9 heteroatoms. The molecular formula is C19H31N3O6. The van der Waals surface area contributed by atoms with Crippen LogP contribution in [0.15, 0.2) is 0 Å². The van der Waals surface area contributed by atoms with E-state index in [1.165, 1.54) is 0 Å². The first-order valence-electron chi connectivity index (χ1n) is 10.4. The number of likely N-dealkylation sites (tertiary alicyclic amines) is 1. The minimum absolute atomic E-state index is 0.207. The number of rotatable bonds is 6. The molecule has 9 nitrogen and oxygen atoms in total. The summed E-state index contributed by atoms with van der Waals surface area (Å²) in [5, 5.41) is 11.1. The molecule has 0 N–H and O–H groups in total. The lowest BCUT2D eigenvalue weighted by Crippen LogP contribution is -2.56. The number of nitrogens with zero attached hydrogens (tertiary/aromatic N) is 3. The lowest BCUT2D eigenvalue weighted by molar-refractivity contribution is -0.496. The van der Waals surface area contributed by atoms with Gasteiger partial charge in [-0.15, -0.1) is 0 Å². The van der Waals surface area contributed by atoms with E-state index in [-0.39, 0.29) is 31.3 Å². The molecule has 0 aromatic heterocycles. The van der Waals surface area contributed by atoms with E-state index >= 15 is 0 Å². The van der Waals surface area contributed by atoms with Crippen LogP contribution in [0.25, 0.3) is 0 Å². The van der Waals surface area contributed by atoms with Gasteiger partial charge in [-0.3, -0.25) is 14.9 Å². The molecule has 3 heterocycles. The lowest BCUT2D eigenvalue weighted by Gasteiger charge is -2.46. The largest absolute Gasteiger partial charge is 0.465 e. The summed E-state index contributed by atoms with van der Waals surface area (Å²) >= 11 is 0. The van der Waals surface area contributed by atoms with Crippen LogP contribution >= 0.6 is 0 Å². The van der Waals surface area contributed by atoms with Gasteiger partial charge in [-0.25, -0.2) is 4.79 Å². The summed E-state index contributed by atoms with van der Waals surface area (Å²) in [6.45, 7) is 5.09. The van der Waals surface area contributed by atoms with Crippen molar-refractivity contribution in [3.8, 4) is 0 Å². The molecule has 0 aromatic carbocycles. The van der Waals surface area contributed by atoms with Crippen LogP contribution in [0.3, 0.4) is 0 Å². The summed E-state index contributed by atoms with van der Waals surface area (Å²) in [5.74, 6) is -0.441. The van der Waals surface area contributed by atoms with Gasteiger partial charge in [0.1, 0.15) is 5.41 Å². The summed E-state index contributed by atoms with van der Waals surface area (Å²) in [5.41, 5.74) is -1.01. The number of carbonyl (C=O) groups excluding carboxylic acids is 2. The second-order valence-corrected chi connectivity index (χ2v) is 8.14. The van der Waals surface area contributed by atoms with E-state index in [9.17, 15) is 19.7 Å². The van der Waals surface area contributed by atoms with Crippen molar-refractivity contribution in [1.82, 2.24) is 9.80 Å². The van der Waals surface area contributed by atoms with Gasteiger partial charge in [-0.2, -0.15) is 0 Å². The number of amides is 1. The highest BCUT2D eigenvalue weighted by atomic mass is 16.6. The number of esters is 1. The van der Waals surface area contributed by atoms with Gasteiger partial charge in [0.05, 0.1) is 13.2 Å². The fourth-order valence-corrected chi connectivity index (χ4v) is 5.22. The van der Waals surface area contributed by atoms with E-state index in [0.717, 1.165) is 25.7 Å². The van der Waals surface area contributed by atoms with E-state index in [1.54, 1.807) is 6.92 Å². The van der Waals surface area contributed by atoms with Crippen molar-refractivity contribution in [3.63, 3.8) is 0 Å². The molecule has 3 aliphatic rings. The van der Waals surface area contributed by atoms with Crippen LogP contribution in [0.1, 0.15) is 52.4 Å². The Hall–Kier alpha value is -1.90. The van der Waals surface area contributed by atoms with Gasteiger partial charge >= 0.3 is 12.1 Å². The monoisotopic (exact) mass is 397 g/mol. The molecule has 3 aliphatic heterocycles. The summed E-state index contributed by atoms with van der Waals surface area (Å²) in [6, 6.07) is 0.760. The predicted octanol–water partition coefficient (Wildman–Crippen LogP) is 2.06. The van der Waals surface area contributed by atoms with Crippen LogP contribution < -0.4 is 0 Å². The maximum Gasteiger partial charge on any atom is 0.410 e. The topological polar surface area (TPSA) is 102 Å². The number of nitro groups is 1.